The van der Waals surface area contributed by atoms with Crippen LogP contribution in [0.1, 0.15) is 25.3 Å². The number of nitrogens with one attached hydrogen (secondary N) is 1. The van der Waals surface area contributed by atoms with Crippen LogP contribution in [0.3, 0.4) is 0 Å². The molecular formula is C10H14N2O. The van der Waals surface area contributed by atoms with Crippen LogP contribution < -0.4 is 0 Å². The van der Waals surface area contributed by atoms with Crippen LogP contribution in [0.5, 0.6) is 0 Å². The molecule has 1 N–H and O–H groups in total. The van der Waals surface area contributed by atoms with Crippen LogP contribution in [0.25, 0.3) is 0 Å². The zero-order chi connectivity index (χ0) is 9.52. The van der Waals surface area contributed by atoms with Crippen molar-refractivity contribution >= 4 is 5.90 Å². The number of hydrogen-bond donors (Lipinski definition) is 1. The summed E-state index contributed by atoms with van der Waals surface area (Å²) < 4.78 is 5.21. The molecule has 0 saturated heterocycles. The molecule has 0 fully saturated rings. The van der Waals surface area contributed by atoms with Crippen LogP contribution >= 0.6 is 0 Å². The molecule has 0 aliphatic heterocycles. The molecule has 0 aliphatic carbocycles. The summed E-state index contributed by atoms with van der Waals surface area (Å²) in [7, 11) is 0. The van der Waals surface area contributed by atoms with E-state index in [-0.39, 0.29) is 5.90 Å². The van der Waals surface area contributed by atoms with Crippen LogP contribution in [-0.4, -0.2) is 17.5 Å². The summed E-state index contributed by atoms with van der Waals surface area (Å²) in [6.07, 6.45) is 5.39. The first-order valence-electron chi connectivity index (χ1n) is 4.46. The van der Waals surface area contributed by atoms with Gasteiger partial charge in [-0.25, -0.2) is 0 Å². The molecule has 0 unspecified atom stereocenters. The zero-order valence-electron chi connectivity index (χ0n) is 7.79. The van der Waals surface area contributed by atoms with Crippen LogP contribution in [0, 0.1) is 5.41 Å². The summed E-state index contributed by atoms with van der Waals surface area (Å²) >= 11 is 0. The second kappa shape index (κ2) is 5.30. The lowest BCUT2D eigenvalue weighted by atomic mass is 10.3. The predicted molar refractivity (Wildman–Crippen MR) is 51.9 cm³/mol. The van der Waals surface area contributed by atoms with E-state index in [0.29, 0.717) is 6.61 Å². The standard InChI is InChI=1S/C10H14N2O/c1-2-3-7-13-10(11)9-5-4-6-12-8-9/h4-6,8,11H,2-3,7H2,1H3. The fourth-order valence-corrected chi connectivity index (χ4v) is 0.899. The average molecular weight is 178 g/mol. The van der Waals surface area contributed by atoms with Gasteiger partial charge in [-0.15, -0.1) is 0 Å². The number of nitrogens with zero attached hydrogens (tertiary/aromatic N) is 1. The molecule has 1 aromatic rings. The molecule has 13 heavy (non-hydrogen) atoms. The number of ether oxygens (including phenoxy) is 1. The molecule has 0 aromatic carbocycles. The maximum Gasteiger partial charge on any atom is 0.214 e. The number of pyridine rings is 1. The molecule has 0 amide bonds. The van der Waals surface area contributed by atoms with E-state index in [2.05, 4.69) is 11.9 Å². The fraction of sp³-hybridized carbons (Fsp3) is 0.400. The highest BCUT2D eigenvalue weighted by atomic mass is 16.5. The normalized spacial score (nSPS) is 9.62. The number of unbranched alkanes of at least 4 members (excludes halogenated alkanes) is 1. The Bertz CT molecular complexity index is 259. The summed E-state index contributed by atoms with van der Waals surface area (Å²) in [5.74, 6) is 0.210. The van der Waals surface area contributed by atoms with Crippen molar-refractivity contribution in [2.75, 3.05) is 6.61 Å². The van der Waals surface area contributed by atoms with Crippen LogP contribution in [0.4, 0.5) is 0 Å². The third-order valence-electron chi connectivity index (χ3n) is 1.67. The molecule has 0 bridgehead atoms. The Morgan fingerprint density at radius 1 is 1.62 bits per heavy atom. The molecule has 0 aliphatic rings. The lowest BCUT2D eigenvalue weighted by Crippen LogP contribution is -2.06. The number of aromatic nitrogens is 1. The van der Waals surface area contributed by atoms with Gasteiger partial charge in [0.1, 0.15) is 0 Å². The third-order valence-corrected chi connectivity index (χ3v) is 1.67. The Hall–Kier alpha value is -1.38. The van der Waals surface area contributed by atoms with E-state index in [4.69, 9.17) is 10.1 Å². The van der Waals surface area contributed by atoms with Gasteiger partial charge in [0, 0.05) is 12.4 Å². The smallest absolute Gasteiger partial charge is 0.214 e. The van der Waals surface area contributed by atoms with Crippen LogP contribution in [-0.2, 0) is 4.74 Å². The quantitative estimate of drug-likeness (QED) is 0.436. The Morgan fingerprint density at radius 3 is 3.08 bits per heavy atom. The molecule has 0 spiro atoms. The van der Waals surface area contributed by atoms with Gasteiger partial charge in [-0.2, -0.15) is 0 Å². The third kappa shape index (κ3) is 3.23. The largest absolute Gasteiger partial charge is 0.478 e. The van der Waals surface area contributed by atoms with Gasteiger partial charge in [0.15, 0.2) is 0 Å². The van der Waals surface area contributed by atoms with Gasteiger partial charge in [0.05, 0.1) is 12.2 Å². The van der Waals surface area contributed by atoms with Crippen molar-refractivity contribution in [3.63, 3.8) is 0 Å². The Kier molecular flexibility index (Phi) is 3.96. The van der Waals surface area contributed by atoms with Crippen LogP contribution in [0.2, 0.25) is 0 Å². The number of rotatable bonds is 4. The van der Waals surface area contributed by atoms with Gasteiger partial charge in [0.2, 0.25) is 5.90 Å². The molecule has 0 saturated carbocycles. The Labute approximate surface area is 78.3 Å². The van der Waals surface area contributed by atoms with Gasteiger partial charge < -0.3 is 4.74 Å². The first-order valence-corrected chi connectivity index (χ1v) is 4.46. The number of hydrogen-bond acceptors (Lipinski definition) is 3. The summed E-state index contributed by atoms with van der Waals surface area (Å²) in [4.78, 5) is 3.91. The van der Waals surface area contributed by atoms with E-state index in [1.807, 2.05) is 6.07 Å². The van der Waals surface area contributed by atoms with E-state index in [0.717, 1.165) is 18.4 Å². The molecule has 70 valence electrons. The van der Waals surface area contributed by atoms with Crippen molar-refractivity contribution in [3.05, 3.63) is 30.1 Å². The topological polar surface area (TPSA) is 46.0 Å². The van der Waals surface area contributed by atoms with Gasteiger partial charge in [-0.1, -0.05) is 13.3 Å². The molecule has 1 heterocycles. The molecule has 3 nitrogen and oxygen atoms in total. The first kappa shape index (κ1) is 9.71. The zero-order valence-corrected chi connectivity index (χ0v) is 7.79. The van der Waals surface area contributed by atoms with Crippen LogP contribution in [0.15, 0.2) is 24.5 Å². The summed E-state index contributed by atoms with van der Waals surface area (Å²) in [6.45, 7) is 2.71. The second-order valence-corrected chi connectivity index (χ2v) is 2.77. The van der Waals surface area contributed by atoms with Crippen molar-refractivity contribution in [1.82, 2.24) is 4.98 Å². The Morgan fingerprint density at radius 2 is 2.46 bits per heavy atom. The van der Waals surface area contributed by atoms with Crippen molar-refractivity contribution < 1.29 is 4.74 Å². The fourth-order valence-electron chi connectivity index (χ4n) is 0.899. The first-order chi connectivity index (χ1) is 6.34. The van der Waals surface area contributed by atoms with Crippen molar-refractivity contribution in [1.29, 1.82) is 5.41 Å². The molecule has 3 heteroatoms. The predicted octanol–water partition coefficient (Wildman–Crippen LogP) is 2.22. The van der Waals surface area contributed by atoms with E-state index in [9.17, 15) is 0 Å². The highest BCUT2D eigenvalue weighted by Crippen LogP contribution is 1.99. The summed E-state index contributed by atoms with van der Waals surface area (Å²) in [6, 6.07) is 3.62. The van der Waals surface area contributed by atoms with E-state index in [1.165, 1.54) is 0 Å². The van der Waals surface area contributed by atoms with Gasteiger partial charge >= 0.3 is 0 Å². The Balaban J connectivity index is 2.40. The minimum Gasteiger partial charge on any atom is -0.478 e. The molecule has 0 atom stereocenters. The monoisotopic (exact) mass is 178 g/mol. The summed E-state index contributed by atoms with van der Waals surface area (Å²) in [5.41, 5.74) is 0.735. The minimum absolute atomic E-state index is 0.210. The molecular weight excluding hydrogens is 164 g/mol. The van der Waals surface area contributed by atoms with Gasteiger partial charge in [-0.3, -0.25) is 10.4 Å². The second-order valence-electron chi connectivity index (χ2n) is 2.77. The van der Waals surface area contributed by atoms with E-state index >= 15 is 0 Å². The minimum atomic E-state index is 0.210. The van der Waals surface area contributed by atoms with Gasteiger partial charge in [0.25, 0.3) is 0 Å². The average Bonchev–Trinajstić information content (AvgIpc) is 2.19. The van der Waals surface area contributed by atoms with E-state index < -0.39 is 0 Å². The SMILES string of the molecule is CCCCOC(=N)c1cccnc1. The molecule has 1 aromatic heterocycles. The van der Waals surface area contributed by atoms with Crippen molar-refractivity contribution in [2.24, 2.45) is 0 Å². The maximum absolute atomic E-state index is 7.55. The van der Waals surface area contributed by atoms with Gasteiger partial charge in [-0.05, 0) is 18.6 Å². The lowest BCUT2D eigenvalue weighted by molar-refractivity contribution is 0.295. The maximum atomic E-state index is 7.55. The highest BCUT2D eigenvalue weighted by molar-refractivity contribution is 5.91. The molecule has 0 radical (unpaired) electrons. The van der Waals surface area contributed by atoms with Crippen molar-refractivity contribution in [2.45, 2.75) is 19.8 Å². The highest BCUT2D eigenvalue weighted by Gasteiger charge is 2.00. The molecule has 1 rings (SSSR count). The van der Waals surface area contributed by atoms with Crippen molar-refractivity contribution in [3.8, 4) is 0 Å². The summed E-state index contributed by atoms with van der Waals surface area (Å²) in [5, 5.41) is 7.55. The van der Waals surface area contributed by atoms with E-state index in [1.54, 1.807) is 18.5 Å². The lowest BCUT2D eigenvalue weighted by Gasteiger charge is -2.05.